The van der Waals surface area contributed by atoms with Crippen molar-refractivity contribution in [2.24, 2.45) is 0 Å². The first-order valence-corrected chi connectivity index (χ1v) is 8.85. The summed E-state index contributed by atoms with van der Waals surface area (Å²) < 4.78 is 0. The molecule has 24 heavy (non-hydrogen) atoms. The van der Waals surface area contributed by atoms with Crippen molar-refractivity contribution in [1.29, 1.82) is 0 Å². The minimum absolute atomic E-state index is 0.646. The summed E-state index contributed by atoms with van der Waals surface area (Å²) in [6.07, 6.45) is 1.56. The SMILES string of the molecule is Clc1ccc(-c2csc3ncnc(Nc4ccccc4Cl)c23)cc1. The van der Waals surface area contributed by atoms with Crippen LogP contribution < -0.4 is 5.32 Å². The summed E-state index contributed by atoms with van der Waals surface area (Å²) in [5, 5.41) is 7.74. The van der Waals surface area contributed by atoms with Crippen molar-refractivity contribution in [1.82, 2.24) is 9.97 Å². The summed E-state index contributed by atoms with van der Waals surface area (Å²) in [6, 6.07) is 15.3. The second-order valence-corrected chi connectivity index (χ2v) is 6.87. The minimum Gasteiger partial charge on any atom is -0.338 e. The molecule has 0 saturated carbocycles. The van der Waals surface area contributed by atoms with Crippen LogP contribution in [0.2, 0.25) is 10.0 Å². The Labute approximate surface area is 152 Å². The fourth-order valence-electron chi connectivity index (χ4n) is 2.50. The number of anilines is 2. The molecule has 0 saturated heterocycles. The number of thiophene rings is 1. The second-order valence-electron chi connectivity index (χ2n) is 5.16. The minimum atomic E-state index is 0.646. The van der Waals surface area contributed by atoms with Crippen molar-refractivity contribution in [3.05, 3.63) is 70.3 Å². The molecule has 0 fully saturated rings. The van der Waals surface area contributed by atoms with Gasteiger partial charge in [0.05, 0.1) is 16.1 Å². The Morgan fingerprint density at radius 1 is 0.917 bits per heavy atom. The van der Waals surface area contributed by atoms with E-state index in [0.29, 0.717) is 10.0 Å². The Morgan fingerprint density at radius 2 is 1.71 bits per heavy atom. The van der Waals surface area contributed by atoms with Gasteiger partial charge in [-0.1, -0.05) is 47.5 Å². The quantitative estimate of drug-likeness (QED) is 0.452. The first-order valence-electron chi connectivity index (χ1n) is 7.22. The Hall–Kier alpha value is -2.14. The van der Waals surface area contributed by atoms with E-state index < -0.39 is 0 Å². The number of benzene rings is 2. The van der Waals surface area contributed by atoms with Crippen LogP contribution in [0.5, 0.6) is 0 Å². The third kappa shape index (κ3) is 2.84. The van der Waals surface area contributed by atoms with Gasteiger partial charge in [-0.25, -0.2) is 9.97 Å². The summed E-state index contributed by atoms with van der Waals surface area (Å²) in [7, 11) is 0. The van der Waals surface area contributed by atoms with Crippen LogP contribution in [0.1, 0.15) is 0 Å². The highest BCUT2D eigenvalue weighted by atomic mass is 35.5. The lowest BCUT2D eigenvalue weighted by Crippen LogP contribution is -1.96. The molecule has 2 aromatic carbocycles. The van der Waals surface area contributed by atoms with Gasteiger partial charge in [-0.15, -0.1) is 11.3 Å². The van der Waals surface area contributed by atoms with Gasteiger partial charge in [0.2, 0.25) is 0 Å². The molecule has 4 rings (SSSR count). The molecule has 0 radical (unpaired) electrons. The van der Waals surface area contributed by atoms with E-state index in [1.807, 2.05) is 48.5 Å². The normalized spacial score (nSPS) is 10.9. The van der Waals surface area contributed by atoms with Gasteiger partial charge in [0.15, 0.2) is 0 Å². The molecule has 0 spiro atoms. The molecule has 4 aromatic rings. The standard InChI is InChI=1S/C18H11Cl2N3S/c19-12-7-5-11(6-8-12)13-9-24-18-16(13)17(21-10-22-18)23-15-4-2-1-3-14(15)20/h1-10H,(H,21,22,23). The van der Waals surface area contributed by atoms with E-state index in [2.05, 4.69) is 20.7 Å². The number of halogens is 2. The maximum atomic E-state index is 6.26. The van der Waals surface area contributed by atoms with E-state index in [9.17, 15) is 0 Å². The zero-order chi connectivity index (χ0) is 16.5. The van der Waals surface area contributed by atoms with Crippen LogP contribution in [0.3, 0.4) is 0 Å². The van der Waals surface area contributed by atoms with E-state index in [-0.39, 0.29) is 0 Å². The number of para-hydroxylation sites is 1. The van der Waals surface area contributed by atoms with Crippen LogP contribution in [0.15, 0.2) is 60.2 Å². The van der Waals surface area contributed by atoms with Crippen molar-refractivity contribution < 1.29 is 0 Å². The first kappa shape index (κ1) is 15.4. The molecule has 1 N–H and O–H groups in total. The highest BCUT2D eigenvalue weighted by molar-refractivity contribution is 7.17. The van der Waals surface area contributed by atoms with E-state index in [1.165, 1.54) is 0 Å². The molecule has 2 aromatic heterocycles. The molecule has 6 heteroatoms. The van der Waals surface area contributed by atoms with Gasteiger partial charge < -0.3 is 5.32 Å². The molecule has 2 heterocycles. The van der Waals surface area contributed by atoms with Crippen LogP contribution >= 0.6 is 34.5 Å². The lowest BCUT2D eigenvalue weighted by atomic mass is 10.1. The van der Waals surface area contributed by atoms with E-state index in [0.717, 1.165) is 32.8 Å². The van der Waals surface area contributed by atoms with Crippen molar-refractivity contribution in [2.75, 3.05) is 5.32 Å². The summed E-state index contributed by atoms with van der Waals surface area (Å²) in [6.45, 7) is 0. The third-order valence-electron chi connectivity index (χ3n) is 3.65. The van der Waals surface area contributed by atoms with Crippen LogP contribution in [0, 0.1) is 0 Å². The van der Waals surface area contributed by atoms with Crippen molar-refractivity contribution in [2.45, 2.75) is 0 Å². The molecular formula is C18H11Cl2N3S. The predicted molar refractivity (Wildman–Crippen MR) is 103 cm³/mol. The van der Waals surface area contributed by atoms with Gasteiger partial charge >= 0.3 is 0 Å². The van der Waals surface area contributed by atoms with Crippen LogP contribution in [-0.2, 0) is 0 Å². The van der Waals surface area contributed by atoms with Crippen molar-refractivity contribution in [3.63, 3.8) is 0 Å². The number of aromatic nitrogens is 2. The number of fused-ring (bicyclic) bond motifs is 1. The first-order chi connectivity index (χ1) is 11.7. The Morgan fingerprint density at radius 3 is 2.50 bits per heavy atom. The van der Waals surface area contributed by atoms with Gasteiger partial charge in [0.1, 0.15) is 17.0 Å². The number of rotatable bonds is 3. The molecule has 0 aliphatic heterocycles. The largest absolute Gasteiger partial charge is 0.338 e. The molecule has 118 valence electrons. The van der Waals surface area contributed by atoms with Crippen LogP contribution in [-0.4, -0.2) is 9.97 Å². The molecule has 0 bridgehead atoms. The number of nitrogens with zero attached hydrogens (tertiary/aromatic N) is 2. The second kappa shape index (κ2) is 6.40. The lowest BCUT2D eigenvalue weighted by Gasteiger charge is -2.09. The van der Waals surface area contributed by atoms with Gasteiger partial charge in [-0.3, -0.25) is 0 Å². The number of hydrogen-bond donors (Lipinski definition) is 1. The summed E-state index contributed by atoms with van der Waals surface area (Å²) >= 11 is 13.8. The molecule has 3 nitrogen and oxygen atoms in total. The Kier molecular flexibility index (Phi) is 4.10. The number of hydrogen-bond acceptors (Lipinski definition) is 4. The molecule has 0 amide bonds. The maximum Gasteiger partial charge on any atom is 0.143 e. The summed E-state index contributed by atoms with van der Waals surface area (Å²) in [5.41, 5.74) is 2.96. The maximum absolute atomic E-state index is 6.26. The fourth-order valence-corrected chi connectivity index (χ4v) is 3.73. The van der Waals surface area contributed by atoms with Gasteiger partial charge in [0.25, 0.3) is 0 Å². The van der Waals surface area contributed by atoms with E-state index >= 15 is 0 Å². The molecule has 0 unspecified atom stereocenters. The highest BCUT2D eigenvalue weighted by Crippen LogP contribution is 2.38. The van der Waals surface area contributed by atoms with Gasteiger partial charge in [-0.2, -0.15) is 0 Å². The van der Waals surface area contributed by atoms with Crippen LogP contribution in [0.25, 0.3) is 21.3 Å². The molecule has 0 atom stereocenters. The fraction of sp³-hybridized carbons (Fsp3) is 0. The topological polar surface area (TPSA) is 37.8 Å². The smallest absolute Gasteiger partial charge is 0.143 e. The van der Waals surface area contributed by atoms with Crippen molar-refractivity contribution in [3.8, 4) is 11.1 Å². The van der Waals surface area contributed by atoms with Crippen LogP contribution in [0.4, 0.5) is 11.5 Å². The lowest BCUT2D eigenvalue weighted by molar-refractivity contribution is 1.23. The monoisotopic (exact) mass is 371 g/mol. The third-order valence-corrected chi connectivity index (χ3v) is 5.12. The van der Waals surface area contributed by atoms with Crippen molar-refractivity contribution >= 4 is 56.3 Å². The molecular weight excluding hydrogens is 361 g/mol. The zero-order valence-electron chi connectivity index (χ0n) is 12.3. The molecule has 0 aliphatic rings. The van der Waals surface area contributed by atoms with Gasteiger partial charge in [0, 0.05) is 16.0 Å². The van der Waals surface area contributed by atoms with Gasteiger partial charge in [-0.05, 0) is 29.8 Å². The number of nitrogens with one attached hydrogen (secondary N) is 1. The zero-order valence-corrected chi connectivity index (χ0v) is 14.7. The Bertz CT molecular complexity index is 1010. The summed E-state index contributed by atoms with van der Waals surface area (Å²) in [5.74, 6) is 0.735. The average Bonchev–Trinajstić information content (AvgIpc) is 3.03. The van der Waals surface area contributed by atoms with E-state index in [4.69, 9.17) is 23.2 Å². The molecule has 0 aliphatic carbocycles. The van der Waals surface area contributed by atoms with E-state index in [1.54, 1.807) is 17.7 Å². The average molecular weight is 372 g/mol. The summed E-state index contributed by atoms with van der Waals surface area (Å²) in [4.78, 5) is 9.72. The predicted octanol–water partition coefficient (Wildman–Crippen LogP) is 6.41. The Balaban J connectivity index is 1.86. The highest BCUT2D eigenvalue weighted by Gasteiger charge is 2.14.